The average Bonchev–Trinajstić information content (AvgIpc) is 2.71. The second kappa shape index (κ2) is 9.05. The number of rotatable bonds is 7. The molecular formula is C22H22FN3O3. The first kappa shape index (κ1) is 20.1. The Bertz CT molecular complexity index is 1010. The molecule has 1 aromatic heterocycles. The molecule has 6 nitrogen and oxygen atoms in total. The van der Waals surface area contributed by atoms with Crippen molar-refractivity contribution in [1.82, 2.24) is 4.98 Å². The van der Waals surface area contributed by atoms with Crippen LogP contribution >= 0.6 is 0 Å². The van der Waals surface area contributed by atoms with E-state index in [0.717, 1.165) is 6.42 Å². The number of ether oxygens (including phenoxy) is 2. The Morgan fingerprint density at radius 3 is 2.52 bits per heavy atom. The molecule has 0 fully saturated rings. The normalized spacial score (nSPS) is 10.4. The van der Waals surface area contributed by atoms with E-state index < -0.39 is 11.9 Å². The number of nitrogen functional groups attached to an aromatic ring is 1. The van der Waals surface area contributed by atoms with Crippen LogP contribution in [0.4, 0.5) is 15.9 Å². The summed E-state index contributed by atoms with van der Waals surface area (Å²) in [5.41, 5.74) is 6.57. The zero-order valence-corrected chi connectivity index (χ0v) is 16.2. The summed E-state index contributed by atoms with van der Waals surface area (Å²) in [4.78, 5) is 16.0. The van der Waals surface area contributed by atoms with Gasteiger partial charge in [0.05, 0.1) is 12.2 Å². The molecular weight excluding hydrogens is 373 g/mol. The first-order valence-electron chi connectivity index (χ1n) is 9.21. The first-order chi connectivity index (χ1) is 14.0. The molecule has 7 heteroatoms. The van der Waals surface area contributed by atoms with Crippen LogP contribution in [0.15, 0.2) is 54.6 Å². The van der Waals surface area contributed by atoms with Gasteiger partial charge < -0.3 is 20.5 Å². The minimum atomic E-state index is -0.691. The summed E-state index contributed by atoms with van der Waals surface area (Å²) in [6, 6.07) is 15.6. The van der Waals surface area contributed by atoms with E-state index in [1.165, 1.54) is 13.0 Å². The number of benzene rings is 2. The van der Waals surface area contributed by atoms with Gasteiger partial charge >= 0.3 is 0 Å². The zero-order valence-electron chi connectivity index (χ0n) is 16.2. The van der Waals surface area contributed by atoms with Crippen LogP contribution in [0.1, 0.15) is 29.3 Å². The summed E-state index contributed by atoms with van der Waals surface area (Å²) in [7, 11) is 0. The first-order valence-corrected chi connectivity index (χ1v) is 9.21. The highest BCUT2D eigenvalue weighted by atomic mass is 19.1. The summed E-state index contributed by atoms with van der Waals surface area (Å²) >= 11 is 0. The number of hydrogen-bond acceptors (Lipinski definition) is 5. The van der Waals surface area contributed by atoms with Crippen molar-refractivity contribution in [2.75, 3.05) is 17.7 Å². The van der Waals surface area contributed by atoms with Crippen LogP contribution < -0.4 is 20.5 Å². The SMILES string of the molecule is CCCOc1ccccc1Oc1ccc(NC(=O)c2cc(C)c(F)nc2N)cc1. The van der Waals surface area contributed by atoms with Gasteiger partial charge in [0.25, 0.3) is 5.91 Å². The Morgan fingerprint density at radius 1 is 1.14 bits per heavy atom. The smallest absolute Gasteiger partial charge is 0.259 e. The molecule has 0 aliphatic heterocycles. The number of aryl methyl sites for hydroxylation is 1. The maximum Gasteiger partial charge on any atom is 0.259 e. The molecule has 150 valence electrons. The number of aromatic nitrogens is 1. The van der Waals surface area contributed by atoms with Gasteiger partial charge in [0.15, 0.2) is 11.5 Å². The van der Waals surface area contributed by atoms with Gasteiger partial charge in [-0.25, -0.2) is 4.98 Å². The number of nitrogens with two attached hydrogens (primary N) is 1. The van der Waals surface area contributed by atoms with Crippen molar-refractivity contribution < 1.29 is 18.7 Å². The lowest BCUT2D eigenvalue weighted by Gasteiger charge is -2.12. The molecule has 0 atom stereocenters. The summed E-state index contributed by atoms with van der Waals surface area (Å²) in [6.45, 7) is 4.16. The molecule has 0 bridgehead atoms. The molecule has 3 rings (SSSR count). The number of amides is 1. The molecule has 0 radical (unpaired) electrons. The number of nitrogens with zero attached hydrogens (tertiary/aromatic N) is 1. The minimum absolute atomic E-state index is 0.117. The van der Waals surface area contributed by atoms with E-state index in [4.69, 9.17) is 15.2 Å². The highest BCUT2D eigenvalue weighted by molar-refractivity contribution is 6.07. The number of pyridine rings is 1. The van der Waals surface area contributed by atoms with Gasteiger partial charge in [-0.3, -0.25) is 4.79 Å². The number of nitrogens with one attached hydrogen (secondary N) is 1. The third-order valence-corrected chi connectivity index (χ3v) is 4.08. The predicted octanol–water partition coefficient (Wildman–Crippen LogP) is 4.94. The fourth-order valence-corrected chi connectivity index (χ4v) is 2.58. The quantitative estimate of drug-likeness (QED) is 0.553. The fraction of sp³-hybridized carbons (Fsp3) is 0.182. The second-order valence-electron chi connectivity index (χ2n) is 6.40. The van der Waals surface area contributed by atoms with Crippen molar-refractivity contribution >= 4 is 17.4 Å². The molecule has 0 saturated heterocycles. The summed E-state index contributed by atoms with van der Waals surface area (Å²) in [5, 5.41) is 2.71. The van der Waals surface area contributed by atoms with Crippen LogP contribution in [-0.4, -0.2) is 17.5 Å². The highest BCUT2D eigenvalue weighted by Gasteiger charge is 2.14. The fourth-order valence-electron chi connectivity index (χ4n) is 2.58. The third-order valence-electron chi connectivity index (χ3n) is 4.08. The number of carbonyl (C=O) groups excluding carboxylic acids is 1. The van der Waals surface area contributed by atoms with E-state index >= 15 is 0 Å². The average molecular weight is 395 g/mol. The molecule has 0 unspecified atom stereocenters. The van der Waals surface area contributed by atoms with Crippen molar-refractivity contribution in [3.63, 3.8) is 0 Å². The van der Waals surface area contributed by atoms with Crippen LogP contribution in [0.3, 0.4) is 0 Å². The lowest BCUT2D eigenvalue weighted by molar-refractivity contribution is 0.102. The molecule has 3 aromatic rings. The monoisotopic (exact) mass is 395 g/mol. The van der Waals surface area contributed by atoms with Crippen molar-refractivity contribution in [3.05, 3.63) is 71.7 Å². The molecule has 0 saturated carbocycles. The largest absolute Gasteiger partial charge is 0.490 e. The van der Waals surface area contributed by atoms with Crippen molar-refractivity contribution in [1.29, 1.82) is 0 Å². The summed E-state index contributed by atoms with van der Waals surface area (Å²) in [6.07, 6.45) is 0.899. The van der Waals surface area contributed by atoms with Crippen molar-refractivity contribution in [2.24, 2.45) is 0 Å². The molecule has 0 aliphatic rings. The molecule has 3 N–H and O–H groups in total. The zero-order chi connectivity index (χ0) is 20.8. The van der Waals surface area contributed by atoms with E-state index in [2.05, 4.69) is 10.3 Å². The van der Waals surface area contributed by atoms with Gasteiger partial charge in [-0.1, -0.05) is 19.1 Å². The van der Waals surface area contributed by atoms with Gasteiger partial charge in [-0.05, 0) is 55.8 Å². The Kier molecular flexibility index (Phi) is 6.29. The number of para-hydroxylation sites is 2. The minimum Gasteiger partial charge on any atom is -0.490 e. The predicted molar refractivity (Wildman–Crippen MR) is 110 cm³/mol. The van der Waals surface area contributed by atoms with Gasteiger partial charge in [0.2, 0.25) is 5.95 Å². The van der Waals surface area contributed by atoms with E-state index in [9.17, 15) is 9.18 Å². The van der Waals surface area contributed by atoms with E-state index in [1.807, 2.05) is 31.2 Å². The van der Waals surface area contributed by atoms with E-state index in [-0.39, 0.29) is 16.9 Å². The van der Waals surface area contributed by atoms with Crippen LogP contribution in [0.5, 0.6) is 17.2 Å². The highest BCUT2D eigenvalue weighted by Crippen LogP contribution is 2.32. The van der Waals surface area contributed by atoms with Crippen molar-refractivity contribution in [3.8, 4) is 17.2 Å². The number of carbonyl (C=O) groups is 1. The topological polar surface area (TPSA) is 86.5 Å². The lowest BCUT2D eigenvalue weighted by Crippen LogP contribution is -2.16. The van der Waals surface area contributed by atoms with Crippen LogP contribution in [0.25, 0.3) is 0 Å². The standard InChI is InChI=1S/C22H22FN3O3/c1-3-12-28-18-6-4-5-7-19(18)29-16-10-8-15(9-11-16)25-22(27)17-13-14(2)20(23)26-21(17)24/h4-11,13H,3,12H2,1-2H3,(H2,24,26)(H,25,27). The van der Waals surface area contributed by atoms with E-state index in [0.29, 0.717) is 29.5 Å². The molecule has 1 heterocycles. The number of halogens is 1. The van der Waals surface area contributed by atoms with Gasteiger partial charge in [-0.2, -0.15) is 4.39 Å². The van der Waals surface area contributed by atoms with Gasteiger partial charge in [0.1, 0.15) is 11.6 Å². The second-order valence-corrected chi connectivity index (χ2v) is 6.40. The van der Waals surface area contributed by atoms with Crippen molar-refractivity contribution in [2.45, 2.75) is 20.3 Å². The lowest BCUT2D eigenvalue weighted by atomic mass is 10.1. The molecule has 29 heavy (non-hydrogen) atoms. The number of anilines is 2. The van der Waals surface area contributed by atoms with Gasteiger partial charge in [0, 0.05) is 11.3 Å². The Morgan fingerprint density at radius 2 is 1.83 bits per heavy atom. The summed E-state index contributed by atoms with van der Waals surface area (Å²) in [5.74, 6) is 0.553. The van der Waals surface area contributed by atoms with E-state index in [1.54, 1.807) is 24.3 Å². The number of hydrogen-bond donors (Lipinski definition) is 2. The van der Waals surface area contributed by atoms with Crippen LogP contribution in [-0.2, 0) is 0 Å². The molecule has 0 spiro atoms. The maximum atomic E-state index is 13.4. The van der Waals surface area contributed by atoms with Crippen LogP contribution in [0.2, 0.25) is 0 Å². The van der Waals surface area contributed by atoms with Gasteiger partial charge in [-0.15, -0.1) is 0 Å². The molecule has 0 aliphatic carbocycles. The van der Waals surface area contributed by atoms with Crippen LogP contribution in [0, 0.1) is 12.9 Å². The molecule has 1 amide bonds. The third kappa shape index (κ3) is 5.01. The Balaban J connectivity index is 1.70. The molecule has 2 aromatic carbocycles. The Hall–Kier alpha value is -3.61. The summed E-state index contributed by atoms with van der Waals surface area (Å²) < 4.78 is 25.0. The maximum absolute atomic E-state index is 13.4. The Labute approximate surface area is 168 Å².